The molecule has 0 amide bonds. The fourth-order valence-corrected chi connectivity index (χ4v) is 3.10. The summed E-state index contributed by atoms with van der Waals surface area (Å²) in [4.78, 5) is 27.2. The first-order chi connectivity index (χ1) is 10.6. The lowest BCUT2D eigenvalue weighted by Crippen LogP contribution is -2.27. The van der Waals surface area contributed by atoms with Crippen LogP contribution in [0, 0.1) is 10.6 Å². The standard InChI is InChI=1S/C17H13NO4/c1-21-8-5-10-9(14(6-8)22-2)7-11-15-12(18-16(10)11)3-4-13(19)17(15)20/h3,5-7,18H,4H2,1-2H3. The van der Waals surface area contributed by atoms with Crippen molar-refractivity contribution in [2.75, 3.05) is 14.2 Å². The Balaban J connectivity index is 2.18. The van der Waals surface area contributed by atoms with Gasteiger partial charge in [0.25, 0.3) is 0 Å². The maximum Gasteiger partial charge on any atom is 0.231 e. The molecule has 110 valence electrons. The quantitative estimate of drug-likeness (QED) is 0.695. The Bertz CT molecular complexity index is 1060. The smallest absolute Gasteiger partial charge is 0.231 e. The van der Waals surface area contributed by atoms with Gasteiger partial charge in [-0.15, -0.1) is 0 Å². The average molecular weight is 295 g/mol. The lowest BCUT2D eigenvalue weighted by Gasteiger charge is -2.05. The van der Waals surface area contributed by atoms with Crippen molar-refractivity contribution in [2.45, 2.75) is 6.42 Å². The Hall–Kier alpha value is -2.82. The zero-order chi connectivity index (χ0) is 15.4. The molecule has 0 radical (unpaired) electrons. The molecule has 0 saturated carbocycles. The second kappa shape index (κ2) is 4.34. The molecule has 0 bridgehead atoms. The number of hydrogen-bond donors (Lipinski definition) is 1. The molecule has 0 spiro atoms. The van der Waals surface area contributed by atoms with Crippen LogP contribution >= 0.6 is 0 Å². The number of benzene rings is 1. The minimum absolute atomic E-state index is 0.152. The van der Waals surface area contributed by atoms with Crippen LogP contribution in [-0.4, -0.2) is 30.8 Å². The fraction of sp³-hybridized carbons (Fsp3) is 0.176. The van der Waals surface area contributed by atoms with Gasteiger partial charge in [0.15, 0.2) is 0 Å². The SMILES string of the molecule is COc1cc(OC)c2c(c1)=c1[nH]c3c(c1C=2)C(=O)C(=O)CC=3. The van der Waals surface area contributed by atoms with Crippen molar-refractivity contribution < 1.29 is 19.1 Å². The van der Waals surface area contributed by atoms with Crippen LogP contribution in [0.1, 0.15) is 22.3 Å². The van der Waals surface area contributed by atoms with Gasteiger partial charge in [0.1, 0.15) is 11.5 Å². The van der Waals surface area contributed by atoms with Gasteiger partial charge < -0.3 is 14.5 Å². The number of rotatable bonds is 2. The van der Waals surface area contributed by atoms with Crippen molar-refractivity contribution in [3.63, 3.8) is 0 Å². The van der Waals surface area contributed by atoms with E-state index in [1.807, 2.05) is 12.1 Å². The predicted molar refractivity (Wildman–Crippen MR) is 79.2 cm³/mol. The molecule has 0 saturated heterocycles. The van der Waals surface area contributed by atoms with E-state index in [0.717, 1.165) is 26.7 Å². The van der Waals surface area contributed by atoms with E-state index in [1.165, 1.54) is 0 Å². The van der Waals surface area contributed by atoms with Gasteiger partial charge >= 0.3 is 0 Å². The highest BCUT2D eigenvalue weighted by Crippen LogP contribution is 2.22. The van der Waals surface area contributed by atoms with Gasteiger partial charge in [0.05, 0.1) is 25.1 Å². The van der Waals surface area contributed by atoms with E-state index in [-0.39, 0.29) is 12.2 Å². The number of methoxy groups -OCH3 is 2. The first kappa shape index (κ1) is 12.9. The van der Waals surface area contributed by atoms with Gasteiger partial charge in [0, 0.05) is 33.8 Å². The number of carbonyl (C=O) groups is 2. The third kappa shape index (κ3) is 1.53. The normalized spacial score (nSPS) is 14.6. The molecule has 0 unspecified atom stereocenters. The Morgan fingerprint density at radius 1 is 1.14 bits per heavy atom. The van der Waals surface area contributed by atoms with E-state index in [9.17, 15) is 9.59 Å². The van der Waals surface area contributed by atoms with E-state index in [0.29, 0.717) is 17.1 Å². The zero-order valence-electron chi connectivity index (χ0n) is 12.1. The summed E-state index contributed by atoms with van der Waals surface area (Å²) in [5.41, 5.74) is 1.22. The number of fused-ring (bicyclic) bond motifs is 4. The minimum Gasteiger partial charge on any atom is -0.497 e. The number of ketones is 2. The van der Waals surface area contributed by atoms with Crippen molar-refractivity contribution in [1.29, 1.82) is 0 Å². The molecule has 22 heavy (non-hydrogen) atoms. The van der Waals surface area contributed by atoms with Crippen molar-refractivity contribution in [3.8, 4) is 11.5 Å². The largest absolute Gasteiger partial charge is 0.497 e. The molecular formula is C17H13NO4. The Labute approximate surface area is 125 Å². The van der Waals surface area contributed by atoms with E-state index in [1.54, 1.807) is 26.4 Å². The number of aromatic amines is 1. The number of ether oxygens (including phenoxy) is 2. The molecule has 1 aromatic carbocycles. The lowest BCUT2D eigenvalue weighted by molar-refractivity contribution is -0.114. The Morgan fingerprint density at radius 2 is 1.95 bits per heavy atom. The van der Waals surface area contributed by atoms with Crippen LogP contribution in [0.2, 0.25) is 0 Å². The minimum atomic E-state index is -0.426. The number of H-pyrrole nitrogens is 1. The molecular weight excluding hydrogens is 282 g/mol. The fourth-order valence-electron chi connectivity index (χ4n) is 3.10. The second-order valence-corrected chi connectivity index (χ2v) is 5.30. The van der Waals surface area contributed by atoms with Gasteiger partial charge in [0.2, 0.25) is 11.6 Å². The van der Waals surface area contributed by atoms with E-state index >= 15 is 0 Å². The van der Waals surface area contributed by atoms with Crippen LogP contribution in [-0.2, 0) is 4.79 Å². The third-order valence-electron chi connectivity index (χ3n) is 4.17. The van der Waals surface area contributed by atoms with Crippen molar-refractivity contribution in [2.24, 2.45) is 0 Å². The van der Waals surface area contributed by atoms with Gasteiger partial charge in [-0.3, -0.25) is 9.59 Å². The lowest BCUT2D eigenvalue weighted by atomic mass is 9.98. The van der Waals surface area contributed by atoms with Crippen LogP contribution in [0.15, 0.2) is 12.1 Å². The summed E-state index contributed by atoms with van der Waals surface area (Å²) in [5, 5.41) is 3.35. The van der Waals surface area contributed by atoms with E-state index in [2.05, 4.69) is 4.98 Å². The highest BCUT2D eigenvalue weighted by atomic mass is 16.5. The first-order valence-corrected chi connectivity index (χ1v) is 6.92. The Kier molecular flexibility index (Phi) is 2.54. The number of Topliss-reactive ketones (excluding diaryl/α,β-unsaturated/α-hetero) is 2. The molecule has 2 aliphatic rings. The van der Waals surface area contributed by atoms with Gasteiger partial charge in [-0.25, -0.2) is 0 Å². The van der Waals surface area contributed by atoms with Gasteiger partial charge in [-0.1, -0.05) is 6.08 Å². The summed E-state index contributed by atoms with van der Waals surface area (Å²) >= 11 is 0. The van der Waals surface area contributed by atoms with Crippen molar-refractivity contribution >= 4 is 23.7 Å². The molecule has 1 N–H and O–H groups in total. The van der Waals surface area contributed by atoms with Gasteiger partial charge in [-0.2, -0.15) is 0 Å². The summed E-state index contributed by atoms with van der Waals surface area (Å²) in [7, 11) is 3.18. The molecule has 0 aliphatic heterocycles. The molecule has 5 heteroatoms. The summed E-state index contributed by atoms with van der Waals surface area (Å²) in [6.07, 6.45) is 3.81. The highest BCUT2D eigenvalue weighted by molar-refractivity contribution is 6.46. The molecule has 4 rings (SSSR count). The van der Waals surface area contributed by atoms with Crippen molar-refractivity contribution in [3.05, 3.63) is 44.4 Å². The number of aromatic nitrogens is 1. The summed E-state index contributed by atoms with van der Waals surface area (Å²) in [6.45, 7) is 0. The summed E-state index contributed by atoms with van der Waals surface area (Å²) < 4.78 is 10.7. The maximum absolute atomic E-state index is 12.2. The molecule has 1 aromatic heterocycles. The number of carbonyl (C=O) groups excluding carboxylic acids is 2. The number of hydrogen-bond acceptors (Lipinski definition) is 4. The summed E-state index contributed by atoms with van der Waals surface area (Å²) in [6, 6.07) is 3.70. The van der Waals surface area contributed by atoms with Crippen LogP contribution < -0.4 is 20.0 Å². The van der Waals surface area contributed by atoms with Crippen LogP contribution in [0.5, 0.6) is 11.5 Å². The average Bonchev–Trinajstić information content (AvgIpc) is 3.06. The third-order valence-corrected chi connectivity index (χ3v) is 4.17. The van der Waals surface area contributed by atoms with Crippen molar-refractivity contribution in [1.82, 2.24) is 4.98 Å². The van der Waals surface area contributed by atoms with Crippen LogP contribution in [0.4, 0.5) is 0 Å². The maximum atomic E-state index is 12.2. The Morgan fingerprint density at radius 3 is 2.68 bits per heavy atom. The monoisotopic (exact) mass is 295 g/mol. The molecule has 0 fully saturated rings. The van der Waals surface area contributed by atoms with Crippen LogP contribution in [0.3, 0.4) is 0 Å². The second-order valence-electron chi connectivity index (χ2n) is 5.30. The molecule has 0 atom stereocenters. The van der Waals surface area contributed by atoms with Crippen LogP contribution in [0.25, 0.3) is 12.2 Å². The zero-order valence-corrected chi connectivity index (χ0v) is 12.1. The summed E-state index contributed by atoms with van der Waals surface area (Å²) in [5.74, 6) is 0.551. The predicted octanol–water partition coefficient (Wildman–Crippen LogP) is 0.397. The van der Waals surface area contributed by atoms with E-state index in [4.69, 9.17) is 9.47 Å². The molecule has 5 nitrogen and oxygen atoms in total. The van der Waals surface area contributed by atoms with E-state index < -0.39 is 5.78 Å². The molecule has 1 heterocycles. The first-order valence-electron chi connectivity index (χ1n) is 6.92. The molecule has 2 aromatic rings. The number of nitrogens with one attached hydrogen (secondary N) is 1. The highest BCUT2D eigenvalue weighted by Gasteiger charge is 2.27. The topological polar surface area (TPSA) is 68.4 Å². The molecule has 2 aliphatic carbocycles. The van der Waals surface area contributed by atoms with Gasteiger partial charge in [-0.05, 0) is 12.1 Å².